The monoisotopic (exact) mass is 331 g/mol. The zero-order valence-corrected chi connectivity index (χ0v) is 14.0. The first-order chi connectivity index (χ1) is 12.0. The van der Waals surface area contributed by atoms with Gasteiger partial charge in [0.25, 0.3) is 11.8 Å². The van der Waals surface area contributed by atoms with E-state index in [2.05, 4.69) is 6.07 Å². The van der Waals surface area contributed by atoms with Gasteiger partial charge in [-0.2, -0.15) is 0 Å². The first-order valence-corrected chi connectivity index (χ1v) is 7.98. The quantitative estimate of drug-likeness (QED) is 0.580. The molecule has 1 aliphatic rings. The van der Waals surface area contributed by atoms with Crippen molar-refractivity contribution in [2.75, 3.05) is 12.8 Å². The molecule has 5 nitrogen and oxygen atoms in total. The van der Waals surface area contributed by atoms with E-state index in [0.29, 0.717) is 17.0 Å². The molecule has 124 valence electrons. The number of aromatic nitrogens is 1. The van der Waals surface area contributed by atoms with Crippen molar-refractivity contribution in [3.05, 3.63) is 65.9 Å². The Balaban J connectivity index is 2.08. The molecule has 1 aromatic heterocycles. The molecule has 25 heavy (non-hydrogen) atoms. The minimum absolute atomic E-state index is 0.305. The van der Waals surface area contributed by atoms with Gasteiger partial charge in [-0.05, 0) is 36.8 Å². The number of amides is 2. The van der Waals surface area contributed by atoms with Crippen molar-refractivity contribution in [2.24, 2.45) is 0 Å². The summed E-state index contributed by atoms with van der Waals surface area (Å²) in [6, 6.07) is 15.5. The molecule has 2 heterocycles. The number of imide groups is 1. The molecule has 2 aromatic carbocycles. The van der Waals surface area contributed by atoms with Crippen molar-refractivity contribution < 1.29 is 9.59 Å². The second-order valence-corrected chi connectivity index (χ2v) is 6.25. The second-order valence-electron chi connectivity index (χ2n) is 6.25. The van der Waals surface area contributed by atoms with Gasteiger partial charge in [-0.3, -0.25) is 14.5 Å². The normalized spacial score (nSPS) is 14.5. The molecule has 0 radical (unpaired) electrons. The smallest absolute Gasteiger partial charge is 0.262 e. The minimum atomic E-state index is -0.311. The molecule has 1 aliphatic heterocycles. The third kappa shape index (κ3) is 2.24. The highest BCUT2D eigenvalue weighted by Crippen LogP contribution is 2.34. The van der Waals surface area contributed by atoms with Crippen LogP contribution in [0.15, 0.2) is 54.6 Å². The number of fused-ring (bicyclic) bond motifs is 1. The second kappa shape index (κ2) is 5.34. The summed E-state index contributed by atoms with van der Waals surface area (Å²) in [6.45, 7) is 2.02. The lowest BCUT2D eigenvalue weighted by atomic mass is 10.1. The number of carbonyl (C=O) groups excluding carboxylic acids is 2. The molecule has 0 bridgehead atoms. The van der Waals surface area contributed by atoms with Crippen LogP contribution < -0.4 is 5.73 Å². The summed E-state index contributed by atoms with van der Waals surface area (Å²) < 4.78 is 1.95. The number of anilines is 1. The first-order valence-electron chi connectivity index (χ1n) is 7.98. The SMILES string of the molecule is Cc1ccc2cc(C3=CC(=O)N(C)C3=O)n(-c3ccccc3N)c2c1. The van der Waals surface area contributed by atoms with E-state index in [1.165, 1.54) is 13.1 Å². The maximum atomic E-state index is 12.5. The molecule has 5 heteroatoms. The van der Waals surface area contributed by atoms with Crippen molar-refractivity contribution in [1.29, 1.82) is 0 Å². The fraction of sp³-hybridized carbons (Fsp3) is 0.100. The van der Waals surface area contributed by atoms with Gasteiger partial charge in [0.1, 0.15) is 0 Å². The predicted molar refractivity (Wildman–Crippen MR) is 98.2 cm³/mol. The van der Waals surface area contributed by atoms with Crippen LogP contribution in [0.4, 0.5) is 5.69 Å². The van der Waals surface area contributed by atoms with Gasteiger partial charge in [-0.25, -0.2) is 0 Å². The fourth-order valence-corrected chi connectivity index (χ4v) is 3.21. The molecule has 0 fully saturated rings. The first kappa shape index (κ1) is 15.2. The van der Waals surface area contributed by atoms with Crippen LogP contribution in [-0.4, -0.2) is 28.3 Å². The number of carbonyl (C=O) groups is 2. The molecule has 0 atom stereocenters. The fourth-order valence-electron chi connectivity index (χ4n) is 3.21. The van der Waals surface area contributed by atoms with Gasteiger partial charge in [0, 0.05) is 18.5 Å². The highest BCUT2D eigenvalue weighted by Gasteiger charge is 2.31. The van der Waals surface area contributed by atoms with E-state index in [-0.39, 0.29) is 11.8 Å². The lowest BCUT2D eigenvalue weighted by Gasteiger charge is -2.14. The number of nitrogen functional groups attached to an aromatic ring is 1. The third-order valence-corrected chi connectivity index (χ3v) is 4.55. The van der Waals surface area contributed by atoms with Crippen LogP contribution in [0.25, 0.3) is 22.2 Å². The number of benzene rings is 2. The van der Waals surface area contributed by atoms with Gasteiger partial charge >= 0.3 is 0 Å². The van der Waals surface area contributed by atoms with Gasteiger partial charge in [-0.1, -0.05) is 24.3 Å². The summed E-state index contributed by atoms with van der Waals surface area (Å²) in [6.07, 6.45) is 1.39. The Morgan fingerprint density at radius 3 is 2.44 bits per heavy atom. The van der Waals surface area contributed by atoms with Crippen molar-refractivity contribution >= 4 is 34.0 Å². The summed E-state index contributed by atoms with van der Waals surface area (Å²) in [5.41, 5.74) is 10.7. The molecular formula is C20H17N3O2. The molecule has 4 rings (SSSR count). The van der Waals surface area contributed by atoms with Crippen LogP contribution >= 0.6 is 0 Å². The molecule has 0 unspecified atom stereocenters. The number of hydrogen-bond acceptors (Lipinski definition) is 3. The van der Waals surface area contributed by atoms with Crippen LogP contribution in [-0.2, 0) is 9.59 Å². The highest BCUT2D eigenvalue weighted by atomic mass is 16.2. The molecule has 2 N–H and O–H groups in total. The number of likely N-dealkylation sites (N-methyl/N-ethyl adjacent to an activating group) is 1. The lowest BCUT2D eigenvalue weighted by molar-refractivity contribution is -0.134. The third-order valence-electron chi connectivity index (χ3n) is 4.55. The van der Waals surface area contributed by atoms with E-state index in [1.54, 1.807) is 0 Å². The molecule has 2 amide bonds. The maximum Gasteiger partial charge on any atom is 0.262 e. The van der Waals surface area contributed by atoms with E-state index >= 15 is 0 Å². The van der Waals surface area contributed by atoms with Crippen LogP contribution in [0.5, 0.6) is 0 Å². The largest absolute Gasteiger partial charge is 0.397 e. The zero-order chi connectivity index (χ0) is 17.7. The summed E-state index contributed by atoms with van der Waals surface area (Å²) in [7, 11) is 1.49. The van der Waals surface area contributed by atoms with E-state index in [0.717, 1.165) is 27.1 Å². The van der Waals surface area contributed by atoms with Crippen molar-refractivity contribution in [3.8, 4) is 5.69 Å². The highest BCUT2D eigenvalue weighted by molar-refractivity contribution is 6.33. The maximum absolute atomic E-state index is 12.5. The molecular weight excluding hydrogens is 314 g/mol. The Bertz CT molecular complexity index is 1080. The topological polar surface area (TPSA) is 68.3 Å². The van der Waals surface area contributed by atoms with E-state index in [4.69, 9.17) is 5.73 Å². The molecule has 0 spiro atoms. The summed E-state index contributed by atoms with van der Waals surface area (Å²) in [5.74, 6) is -0.616. The number of nitrogens with zero attached hydrogens (tertiary/aromatic N) is 2. The average molecular weight is 331 g/mol. The standard InChI is InChI=1S/C20H17N3O2/c1-12-7-8-13-10-18(14-11-19(24)22(2)20(14)25)23(17(13)9-12)16-6-4-3-5-15(16)21/h3-11H,21H2,1-2H3. The Morgan fingerprint density at radius 2 is 1.76 bits per heavy atom. The van der Waals surface area contributed by atoms with Gasteiger partial charge in [0.05, 0.1) is 28.2 Å². The minimum Gasteiger partial charge on any atom is -0.397 e. The van der Waals surface area contributed by atoms with Gasteiger partial charge in [0.15, 0.2) is 0 Å². The molecule has 3 aromatic rings. The summed E-state index contributed by atoms with van der Waals surface area (Å²) >= 11 is 0. The van der Waals surface area contributed by atoms with Gasteiger partial charge in [0.2, 0.25) is 0 Å². The van der Waals surface area contributed by atoms with E-state index in [1.807, 2.05) is 54.0 Å². The predicted octanol–water partition coefficient (Wildman–Crippen LogP) is 2.90. The Kier molecular flexibility index (Phi) is 3.25. The molecule has 0 aliphatic carbocycles. The number of para-hydroxylation sites is 2. The van der Waals surface area contributed by atoms with Gasteiger partial charge < -0.3 is 10.3 Å². The van der Waals surface area contributed by atoms with E-state index in [9.17, 15) is 9.59 Å². The van der Waals surface area contributed by atoms with Crippen molar-refractivity contribution in [2.45, 2.75) is 6.92 Å². The Morgan fingerprint density at radius 1 is 1.00 bits per heavy atom. The number of nitrogens with two attached hydrogens (primary N) is 1. The number of hydrogen-bond donors (Lipinski definition) is 1. The van der Waals surface area contributed by atoms with Crippen LogP contribution in [0.1, 0.15) is 11.3 Å². The lowest BCUT2D eigenvalue weighted by Crippen LogP contribution is -2.26. The van der Waals surface area contributed by atoms with Crippen LogP contribution in [0, 0.1) is 6.92 Å². The number of aryl methyl sites for hydroxylation is 1. The van der Waals surface area contributed by atoms with E-state index < -0.39 is 0 Å². The summed E-state index contributed by atoms with van der Waals surface area (Å²) in [5, 5.41) is 0.986. The Labute approximate surface area is 145 Å². The molecule has 0 saturated heterocycles. The van der Waals surface area contributed by atoms with Crippen LogP contribution in [0.2, 0.25) is 0 Å². The zero-order valence-electron chi connectivity index (χ0n) is 14.0. The van der Waals surface area contributed by atoms with Crippen LogP contribution in [0.3, 0.4) is 0 Å². The average Bonchev–Trinajstić information content (AvgIpc) is 3.07. The van der Waals surface area contributed by atoms with Gasteiger partial charge in [-0.15, -0.1) is 0 Å². The molecule has 0 saturated carbocycles. The number of rotatable bonds is 2. The Hall–Kier alpha value is -3.34. The van der Waals surface area contributed by atoms with Crippen molar-refractivity contribution in [3.63, 3.8) is 0 Å². The van der Waals surface area contributed by atoms with Crippen molar-refractivity contribution in [1.82, 2.24) is 9.47 Å². The summed E-state index contributed by atoms with van der Waals surface area (Å²) in [4.78, 5) is 25.6.